The summed E-state index contributed by atoms with van der Waals surface area (Å²) in [6.45, 7) is 4.93. The molecule has 1 N–H and O–H groups in total. The third-order valence-corrected chi connectivity index (χ3v) is 4.59. The number of fused-ring (bicyclic) bond motifs is 3. The Morgan fingerprint density at radius 3 is 2.60 bits per heavy atom. The van der Waals surface area contributed by atoms with E-state index in [1.807, 2.05) is 13.8 Å². The van der Waals surface area contributed by atoms with E-state index in [1.165, 1.54) is 12.1 Å². The standard InChI is InChI=1S/C18H18FN5O/c1-11-12(2)23(8-3-9-25)17-15(11)18-21-16(22-24(18)10-20-17)13-4-6-14(19)7-5-13/h4-7,10,25H,3,8-9H2,1-2H3. The lowest BCUT2D eigenvalue weighted by Crippen LogP contribution is -2.03. The Morgan fingerprint density at radius 2 is 1.88 bits per heavy atom. The molecule has 0 bridgehead atoms. The zero-order chi connectivity index (χ0) is 17.6. The first-order valence-corrected chi connectivity index (χ1v) is 8.17. The molecule has 0 saturated heterocycles. The van der Waals surface area contributed by atoms with Crippen molar-refractivity contribution in [3.63, 3.8) is 0 Å². The van der Waals surface area contributed by atoms with Gasteiger partial charge in [0.2, 0.25) is 0 Å². The smallest absolute Gasteiger partial charge is 0.182 e. The zero-order valence-electron chi connectivity index (χ0n) is 14.1. The van der Waals surface area contributed by atoms with Gasteiger partial charge in [-0.15, -0.1) is 5.10 Å². The van der Waals surface area contributed by atoms with E-state index in [1.54, 1.807) is 23.0 Å². The Balaban J connectivity index is 1.93. The van der Waals surface area contributed by atoms with Gasteiger partial charge in [-0.1, -0.05) is 0 Å². The lowest BCUT2D eigenvalue weighted by atomic mass is 10.2. The summed E-state index contributed by atoms with van der Waals surface area (Å²) in [5.41, 5.74) is 4.54. The highest BCUT2D eigenvalue weighted by Crippen LogP contribution is 2.28. The quantitative estimate of drug-likeness (QED) is 0.621. The Bertz CT molecular complexity index is 1060. The molecule has 0 atom stereocenters. The molecule has 3 aromatic heterocycles. The van der Waals surface area contributed by atoms with Gasteiger partial charge in [0, 0.05) is 24.4 Å². The molecule has 0 aliphatic rings. The zero-order valence-corrected chi connectivity index (χ0v) is 14.1. The lowest BCUT2D eigenvalue weighted by Gasteiger charge is -2.05. The predicted octanol–water partition coefficient (Wildman–Crippen LogP) is 2.88. The molecular formula is C18H18FN5O. The maximum absolute atomic E-state index is 13.1. The van der Waals surface area contributed by atoms with Crippen molar-refractivity contribution in [3.8, 4) is 11.4 Å². The Kier molecular flexibility index (Phi) is 3.73. The molecule has 0 saturated carbocycles. The Hall–Kier alpha value is -2.80. The first-order valence-electron chi connectivity index (χ1n) is 8.17. The van der Waals surface area contributed by atoms with Crippen molar-refractivity contribution in [1.82, 2.24) is 24.1 Å². The van der Waals surface area contributed by atoms with E-state index in [-0.39, 0.29) is 12.4 Å². The van der Waals surface area contributed by atoms with E-state index < -0.39 is 0 Å². The van der Waals surface area contributed by atoms with Crippen LogP contribution in [0.15, 0.2) is 30.6 Å². The van der Waals surface area contributed by atoms with E-state index >= 15 is 0 Å². The van der Waals surface area contributed by atoms with Crippen LogP contribution in [-0.2, 0) is 6.54 Å². The summed E-state index contributed by atoms with van der Waals surface area (Å²) in [5, 5.41) is 14.6. The van der Waals surface area contributed by atoms with E-state index in [4.69, 9.17) is 5.11 Å². The maximum Gasteiger partial charge on any atom is 0.182 e. The van der Waals surface area contributed by atoms with Gasteiger partial charge in [0.05, 0.1) is 5.39 Å². The highest BCUT2D eigenvalue weighted by Gasteiger charge is 2.18. The fraction of sp³-hybridized carbons (Fsp3) is 0.278. The molecule has 0 aliphatic carbocycles. The third-order valence-electron chi connectivity index (χ3n) is 4.59. The molecule has 7 heteroatoms. The fourth-order valence-electron chi connectivity index (χ4n) is 3.15. The molecule has 0 radical (unpaired) electrons. The summed E-state index contributed by atoms with van der Waals surface area (Å²) in [4.78, 5) is 9.21. The van der Waals surface area contributed by atoms with Crippen molar-refractivity contribution in [2.24, 2.45) is 0 Å². The van der Waals surface area contributed by atoms with Crippen molar-refractivity contribution in [3.05, 3.63) is 47.7 Å². The van der Waals surface area contributed by atoms with Gasteiger partial charge in [-0.25, -0.2) is 18.9 Å². The minimum absolute atomic E-state index is 0.139. The second kappa shape index (κ2) is 5.93. The van der Waals surface area contributed by atoms with Crippen LogP contribution in [0.25, 0.3) is 28.1 Å². The molecule has 1 aromatic carbocycles. The van der Waals surface area contributed by atoms with Gasteiger partial charge in [-0.3, -0.25) is 0 Å². The summed E-state index contributed by atoms with van der Waals surface area (Å²) in [5.74, 6) is 0.249. The topological polar surface area (TPSA) is 68.2 Å². The maximum atomic E-state index is 13.1. The Labute approximate surface area is 143 Å². The molecule has 0 unspecified atom stereocenters. The van der Waals surface area contributed by atoms with Crippen LogP contribution in [0.1, 0.15) is 17.7 Å². The average molecular weight is 339 g/mol. The van der Waals surface area contributed by atoms with Crippen LogP contribution in [0.4, 0.5) is 4.39 Å². The molecule has 0 spiro atoms. The molecule has 0 amide bonds. The lowest BCUT2D eigenvalue weighted by molar-refractivity contribution is 0.280. The number of hydrogen-bond acceptors (Lipinski definition) is 4. The molecule has 0 fully saturated rings. The van der Waals surface area contributed by atoms with Gasteiger partial charge >= 0.3 is 0 Å². The number of nitrogens with zero attached hydrogens (tertiary/aromatic N) is 5. The van der Waals surface area contributed by atoms with Crippen molar-refractivity contribution < 1.29 is 9.50 Å². The fourth-order valence-corrected chi connectivity index (χ4v) is 3.15. The molecule has 0 aliphatic heterocycles. The van der Waals surface area contributed by atoms with E-state index in [0.717, 1.165) is 33.5 Å². The largest absolute Gasteiger partial charge is 0.396 e. The van der Waals surface area contributed by atoms with Crippen LogP contribution in [0.5, 0.6) is 0 Å². The number of aromatic nitrogens is 5. The minimum Gasteiger partial charge on any atom is -0.396 e. The average Bonchev–Trinajstić information content (AvgIpc) is 3.14. The second-order valence-electron chi connectivity index (χ2n) is 6.09. The van der Waals surface area contributed by atoms with Crippen LogP contribution >= 0.6 is 0 Å². The van der Waals surface area contributed by atoms with Crippen LogP contribution in [0.3, 0.4) is 0 Å². The van der Waals surface area contributed by atoms with Crippen molar-refractivity contribution in [2.45, 2.75) is 26.8 Å². The second-order valence-corrected chi connectivity index (χ2v) is 6.09. The van der Waals surface area contributed by atoms with Crippen LogP contribution in [0.2, 0.25) is 0 Å². The summed E-state index contributed by atoms with van der Waals surface area (Å²) in [6.07, 6.45) is 2.32. The van der Waals surface area contributed by atoms with Gasteiger partial charge < -0.3 is 9.67 Å². The van der Waals surface area contributed by atoms with Gasteiger partial charge in [0.15, 0.2) is 11.5 Å². The third kappa shape index (κ3) is 2.47. The number of hydrogen-bond donors (Lipinski definition) is 1. The number of aliphatic hydroxyl groups excluding tert-OH is 1. The number of benzene rings is 1. The van der Waals surface area contributed by atoms with E-state index in [9.17, 15) is 4.39 Å². The molecule has 4 rings (SSSR count). The van der Waals surface area contributed by atoms with E-state index in [0.29, 0.717) is 18.8 Å². The van der Waals surface area contributed by atoms with Gasteiger partial charge in [-0.2, -0.15) is 0 Å². The van der Waals surface area contributed by atoms with Crippen LogP contribution in [0, 0.1) is 19.7 Å². The molecule has 6 nitrogen and oxygen atoms in total. The summed E-state index contributed by atoms with van der Waals surface area (Å²) >= 11 is 0. The molecule has 128 valence electrons. The summed E-state index contributed by atoms with van der Waals surface area (Å²) < 4.78 is 16.9. The Morgan fingerprint density at radius 1 is 1.12 bits per heavy atom. The normalized spacial score (nSPS) is 11.7. The molecule has 3 heterocycles. The number of halogens is 1. The highest BCUT2D eigenvalue weighted by atomic mass is 19.1. The first-order chi connectivity index (χ1) is 12.1. The number of aliphatic hydroxyl groups is 1. The summed E-state index contributed by atoms with van der Waals surface area (Å²) in [7, 11) is 0. The summed E-state index contributed by atoms with van der Waals surface area (Å²) in [6, 6.07) is 6.13. The van der Waals surface area contributed by atoms with Crippen molar-refractivity contribution >= 4 is 16.7 Å². The molecule has 4 aromatic rings. The SMILES string of the molecule is Cc1c(C)n(CCCO)c2ncn3nc(-c4ccc(F)cc4)nc3c12. The van der Waals surface area contributed by atoms with Crippen LogP contribution < -0.4 is 0 Å². The first kappa shape index (κ1) is 15.7. The monoisotopic (exact) mass is 339 g/mol. The van der Waals surface area contributed by atoms with Gasteiger partial charge in [0.1, 0.15) is 17.8 Å². The van der Waals surface area contributed by atoms with Crippen molar-refractivity contribution in [2.75, 3.05) is 6.61 Å². The molecule has 25 heavy (non-hydrogen) atoms. The molecular weight excluding hydrogens is 321 g/mol. The van der Waals surface area contributed by atoms with Gasteiger partial charge in [-0.05, 0) is 50.1 Å². The highest BCUT2D eigenvalue weighted by molar-refractivity contribution is 5.94. The number of rotatable bonds is 4. The van der Waals surface area contributed by atoms with Crippen molar-refractivity contribution in [1.29, 1.82) is 0 Å². The van der Waals surface area contributed by atoms with Crippen LogP contribution in [-0.4, -0.2) is 35.9 Å². The van der Waals surface area contributed by atoms with Gasteiger partial charge in [0.25, 0.3) is 0 Å². The number of aryl methyl sites for hydroxylation is 2. The minimum atomic E-state index is -0.288. The van der Waals surface area contributed by atoms with E-state index in [2.05, 4.69) is 19.6 Å². The predicted molar refractivity (Wildman–Crippen MR) is 92.8 cm³/mol.